The zero-order valence-corrected chi connectivity index (χ0v) is 11.7. The molecule has 3 atom stereocenters. The van der Waals surface area contributed by atoms with E-state index in [0.717, 1.165) is 5.57 Å². The molecule has 0 spiro atoms. The van der Waals surface area contributed by atoms with Crippen LogP contribution in [0.2, 0.25) is 0 Å². The Bertz CT molecular complexity index is 291. The maximum atomic E-state index is 5.63. The molecule has 0 saturated carbocycles. The van der Waals surface area contributed by atoms with Crippen LogP contribution in [-0.2, 0) is 28.4 Å². The maximum absolute atomic E-state index is 5.63. The molecule has 1 rings (SSSR count). The number of hydrogen-bond donors (Lipinski definition) is 0. The molecule has 1 aliphatic rings. The van der Waals surface area contributed by atoms with Crippen LogP contribution in [0, 0.1) is 0 Å². The highest BCUT2D eigenvalue weighted by Gasteiger charge is 2.35. The fourth-order valence-corrected chi connectivity index (χ4v) is 1.78. The molecule has 0 heterocycles. The molecule has 0 aliphatic heterocycles. The number of hydrogen-bond acceptors (Lipinski definition) is 6. The normalized spacial score (nSPS) is 26.9. The molecular formula is C13H22O6. The van der Waals surface area contributed by atoms with Crippen molar-refractivity contribution in [3.8, 4) is 0 Å². The second-order valence-corrected chi connectivity index (χ2v) is 4.00. The van der Waals surface area contributed by atoms with Gasteiger partial charge in [0.25, 0.3) is 0 Å². The van der Waals surface area contributed by atoms with Gasteiger partial charge in [-0.25, -0.2) is 0 Å². The molecule has 0 saturated heterocycles. The van der Waals surface area contributed by atoms with Gasteiger partial charge < -0.3 is 28.4 Å². The topological polar surface area (TPSA) is 55.4 Å². The molecule has 19 heavy (non-hydrogen) atoms. The second kappa shape index (κ2) is 9.19. The number of ether oxygens (including phenoxy) is 6. The minimum atomic E-state index is -0.359. The smallest absolute Gasteiger partial charge is 0.147 e. The standard InChI is InChI=1S/C13H22O6/c1-10-5-6-11(17-7-14-2)13(19-9-16-4)12(10)18-8-15-3/h5-6,11-13H,1,7-9H2,2-4H3/t11-,12-,13+/m1/s1. The summed E-state index contributed by atoms with van der Waals surface area (Å²) >= 11 is 0. The molecule has 0 aromatic rings. The Labute approximate surface area is 113 Å². The van der Waals surface area contributed by atoms with Crippen LogP contribution in [0.1, 0.15) is 0 Å². The third kappa shape index (κ3) is 5.02. The minimum absolute atomic E-state index is 0.144. The van der Waals surface area contributed by atoms with Crippen molar-refractivity contribution in [1.82, 2.24) is 0 Å². The SMILES string of the molecule is C=C1C=C[C@@H](OCOC)[C@H](OCOC)[C@@H]1OCOC. The van der Waals surface area contributed by atoms with E-state index in [0.29, 0.717) is 0 Å². The van der Waals surface area contributed by atoms with Gasteiger partial charge in [-0.2, -0.15) is 0 Å². The van der Waals surface area contributed by atoms with E-state index in [9.17, 15) is 0 Å². The Morgan fingerprint density at radius 2 is 1.53 bits per heavy atom. The number of rotatable bonds is 9. The molecular weight excluding hydrogens is 252 g/mol. The van der Waals surface area contributed by atoms with Crippen molar-refractivity contribution in [1.29, 1.82) is 0 Å². The van der Waals surface area contributed by atoms with E-state index in [4.69, 9.17) is 28.4 Å². The summed E-state index contributed by atoms with van der Waals surface area (Å²) in [6, 6.07) is 0. The van der Waals surface area contributed by atoms with E-state index >= 15 is 0 Å². The lowest BCUT2D eigenvalue weighted by atomic mass is 9.94. The van der Waals surface area contributed by atoms with Gasteiger partial charge in [0.05, 0.1) is 0 Å². The van der Waals surface area contributed by atoms with E-state index in [1.807, 2.05) is 12.2 Å². The molecule has 0 amide bonds. The van der Waals surface area contributed by atoms with Crippen LogP contribution < -0.4 is 0 Å². The first kappa shape index (κ1) is 16.3. The van der Waals surface area contributed by atoms with Gasteiger partial charge in [-0.3, -0.25) is 0 Å². The highest BCUT2D eigenvalue weighted by molar-refractivity contribution is 5.28. The Hall–Kier alpha value is -0.760. The summed E-state index contributed by atoms with van der Waals surface area (Å²) in [5, 5.41) is 0. The average Bonchev–Trinajstić information content (AvgIpc) is 2.42. The van der Waals surface area contributed by atoms with Crippen LogP contribution in [0.25, 0.3) is 0 Å². The van der Waals surface area contributed by atoms with Gasteiger partial charge >= 0.3 is 0 Å². The predicted molar refractivity (Wildman–Crippen MR) is 68.5 cm³/mol. The van der Waals surface area contributed by atoms with Gasteiger partial charge in [0.15, 0.2) is 0 Å². The van der Waals surface area contributed by atoms with Crippen LogP contribution in [0.15, 0.2) is 24.3 Å². The molecule has 0 fully saturated rings. The van der Waals surface area contributed by atoms with E-state index in [1.165, 1.54) is 0 Å². The first-order valence-corrected chi connectivity index (χ1v) is 5.93. The molecule has 0 aromatic heterocycles. The van der Waals surface area contributed by atoms with Crippen molar-refractivity contribution in [2.24, 2.45) is 0 Å². The van der Waals surface area contributed by atoms with Gasteiger partial charge in [0.2, 0.25) is 0 Å². The predicted octanol–water partition coefficient (Wildman–Crippen LogP) is 1.08. The second-order valence-electron chi connectivity index (χ2n) is 4.00. The van der Waals surface area contributed by atoms with Crippen molar-refractivity contribution in [2.45, 2.75) is 18.3 Å². The van der Waals surface area contributed by atoms with Gasteiger partial charge in [-0.15, -0.1) is 0 Å². The van der Waals surface area contributed by atoms with Crippen LogP contribution in [-0.4, -0.2) is 60.0 Å². The zero-order valence-electron chi connectivity index (χ0n) is 11.7. The molecule has 0 unspecified atom stereocenters. The molecule has 6 heteroatoms. The molecule has 0 aromatic carbocycles. The lowest BCUT2D eigenvalue weighted by Crippen LogP contribution is -2.45. The number of methoxy groups -OCH3 is 3. The van der Waals surface area contributed by atoms with Crippen LogP contribution in [0.5, 0.6) is 0 Å². The van der Waals surface area contributed by atoms with Gasteiger partial charge in [-0.05, 0) is 5.57 Å². The van der Waals surface area contributed by atoms with Crippen molar-refractivity contribution >= 4 is 0 Å². The van der Waals surface area contributed by atoms with Crippen molar-refractivity contribution in [3.05, 3.63) is 24.3 Å². The molecule has 6 nitrogen and oxygen atoms in total. The average molecular weight is 274 g/mol. The van der Waals surface area contributed by atoms with Gasteiger partial charge in [0, 0.05) is 21.3 Å². The summed E-state index contributed by atoms with van der Waals surface area (Å²) in [6.07, 6.45) is 2.73. The van der Waals surface area contributed by atoms with Crippen molar-refractivity contribution < 1.29 is 28.4 Å². The minimum Gasteiger partial charge on any atom is -0.359 e. The summed E-state index contributed by atoms with van der Waals surface area (Å²) in [5.74, 6) is 0. The maximum Gasteiger partial charge on any atom is 0.147 e. The van der Waals surface area contributed by atoms with E-state index in [2.05, 4.69) is 6.58 Å². The van der Waals surface area contributed by atoms with Crippen LogP contribution >= 0.6 is 0 Å². The Balaban J connectivity index is 2.72. The summed E-state index contributed by atoms with van der Waals surface area (Å²) in [5.41, 5.74) is 0.801. The summed E-state index contributed by atoms with van der Waals surface area (Å²) in [7, 11) is 4.68. The van der Waals surface area contributed by atoms with Crippen LogP contribution in [0.4, 0.5) is 0 Å². The Morgan fingerprint density at radius 3 is 2.16 bits per heavy atom. The first-order valence-electron chi connectivity index (χ1n) is 5.93. The monoisotopic (exact) mass is 274 g/mol. The Kier molecular flexibility index (Phi) is 7.88. The third-order valence-corrected chi connectivity index (χ3v) is 2.61. The summed E-state index contributed by atoms with van der Waals surface area (Å²) in [4.78, 5) is 0. The Morgan fingerprint density at radius 1 is 0.947 bits per heavy atom. The zero-order chi connectivity index (χ0) is 14.1. The summed E-state index contributed by atoms with van der Waals surface area (Å²) in [6.45, 7) is 4.42. The molecule has 110 valence electrons. The van der Waals surface area contributed by atoms with E-state index in [1.54, 1.807) is 21.3 Å². The molecule has 1 aliphatic carbocycles. The van der Waals surface area contributed by atoms with E-state index in [-0.39, 0.29) is 38.7 Å². The molecule has 0 bridgehead atoms. The van der Waals surface area contributed by atoms with Crippen molar-refractivity contribution in [2.75, 3.05) is 41.7 Å². The lowest BCUT2D eigenvalue weighted by Gasteiger charge is -2.35. The van der Waals surface area contributed by atoms with Crippen molar-refractivity contribution in [3.63, 3.8) is 0 Å². The fourth-order valence-electron chi connectivity index (χ4n) is 1.78. The summed E-state index contributed by atoms with van der Waals surface area (Å²) < 4.78 is 31.5. The lowest BCUT2D eigenvalue weighted by molar-refractivity contribution is -0.190. The fraction of sp³-hybridized carbons (Fsp3) is 0.692. The third-order valence-electron chi connectivity index (χ3n) is 2.61. The molecule has 0 N–H and O–H groups in total. The van der Waals surface area contributed by atoms with Gasteiger partial charge in [0.1, 0.15) is 38.7 Å². The first-order chi connectivity index (χ1) is 9.24. The highest BCUT2D eigenvalue weighted by Crippen LogP contribution is 2.25. The quantitative estimate of drug-likeness (QED) is 0.586. The van der Waals surface area contributed by atoms with Gasteiger partial charge in [-0.1, -0.05) is 18.7 Å². The molecule has 0 radical (unpaired) electrons. The highest BCUT2D eigenvalue weighted by atomic mass is 16.7. The van der Waals surface area contributed by atoms with E-state index < -0.39 is 0 Å². The largest absolute Gasteiger partial charge is 0.359 e. The van der Waals surface area contributed by atoms with Crippen LogP contribution in [0.3, 0.4) is 0 Å².